The Kier molecular flexibility index (Phi) is 7.75. The number of ether oxygens (including phenoxy) is 1. The summed E-state index contributed by atoms with van der Waals surface area (Å²) in [5, 5.41) is 5.17. The number of esters is 1. The zero-order valence-corrected chi connectivity index (χ0v) is 10.5. The van der Waals surface area contributed by atoms with Gasteiger partial charge in [-0.3, -0.25) is 14.4 Å². The van der Waals surface area contributed by atoms with Crippen LogP contribution in [0.4, 0.5) is 0 Å². The van der Waals surface area contributed by atoms with Gasteiger partial charge in [0, 0.05) is 25.9 Å². The van der Waals surface area contributed by atoms with E-state index in [9.17, 15) is 14.4 Å². The van der Waals surface area contributed by atoms with Crippen LogP contribution in [0.2, 0.25) is 0 Å². The highest BCUT2D eigenvalue weighted by atomic mass is 16.5. The van der Waals surface area contributed by atoms with Crippen LogP contribution in [0.1, 0.15) is 33.6 Å². The van der Waals surface area contributed by atoms with Crippen molar-refractivity contribution in [2.75, 3.05) is 13.2 Å². The molecule has 2 amide bonds. The molecule has 0 aliphatic carbocycles. The monoisotopic (exact) mass is 244 g/mol. The van der Waals surface area contributed by atoms with Gasteiger partial charge in [-0.2, -0.15) is 0 Å². The van der Waals surface area contributed by atoms with E-state index < -0.39 is 0 Å². The van der Waals surface area contributed by atoms with Crippen molar-refractivity contribution in [1.29, 1.82) is 0 Å². The van der Waals surface area contributed by atoms with E-state index in [1.54, 1.807) is 13.8 Å². The molecule has 0 heterocycles. The highest BCUT2D eigenvalue weighted by Crippen LogP contribution is 1.94. The minimum Gasteiger partial charge on any atom is -0.466 e. The summed E-state index contributed by atoms with van der Waals surface area (Å²) in [6.45, 7) is 5.48. The number of amides is 2. The van der Waals surface area contributed by atoms with Crippen molar-refractivity contribution in [3.63, 3.8) is 0 Å². The Hall–Kier alpha value is -1.59. The van der Waals surface area contributed by atoms with E-state index in [1.807, 2.05) is 0 Å². The number of rotatable bonds is 7. The Morgan fingerprint density at radius 2 is 1.94 bits per heavy atom. The maximum atomic E-state index is 11.4. The summed E-state index contributed by atoms with van der Waals surface area (Å²) < 4.78 is 4.76. The predicted octanol–water partition coefficient (Wildman–Crippen LogP) is -0.0295. The number of nitrogens with one attached hydrogen (secondary N) is 2. The lowest BCUT2D eigenvalue weighted by atomic mass is 10.2. The molecule has 0 rings (SSSR count). The lowest BCUT2D eigenvalue weighted by molar-refractivity contribution is -0.143. The fourth-order valence-corrected chi connectivity index (χ4v) is 1.22. The second kappa shape index (κ2) is 8.55. The van der Waals surface area contributed by atoms with Crippen molar-refractivity contribution < 1.29 is 19.1 Å². The SMILES string of the molecule is CCOC(=O)C[C@@H](C)NC(=O)CCNC(C)=O. The molecule has 1 atom stereocenters. The zero-order valence-electron chi connectivity index (χ0n) is 10.5. The second-order valence-corrected chi connectivity index (χ2v) is 3.71. The smallest absolute Gasteiger partial charge is 0.307 e. The van der Waals surface area contributed by atoms with Crippen molar-refractivity contribution in [3.05, 3.63) is 0 Å². The molecule has 0 saturated carbocycles. The van der Waals surface area contributed by atoms with Crippen LogP contribution in [0.25, 0.3) is 0 Å². The van der Waals surface area contributed by atoms with Gasteiger partial charge in [0.2, 0.25) is 11.8 Å². The third-order valence-electron chi connectivity index (χ3n) is 1.91. The summed E-state index contributed by atoms with van der Waals surface area (Å²) in [7, 11) is 0. The van der Waals surface area contributed by atoms with Crippen LogP contribution in [-0.4, -0.2) is 37.0 Å². The summed E-state index contributed by atoms with van der Waals surface area (Å²) in [4.78, 5) is 33.0. The Morgan fingerprint density at radius 3 is 2.47 bits per heavy atom. The summed E-state index contributed by atoms with van der Waals surface area (Å²) in [5.41, 5.74) is 0. The topological polar surface area (TPSA) is 84.5 Å². The van der Waals surface area contributed by atoms with E-state index in [0.717, 1.165) is 0 Å². The molecule has 98 valence electrons. The Bertz CT molecular complexity index is 279. The molecule has 0 saturated heterocycles. The minimum atomic E-state index is -0.331. The summed E-state index contributed by atoms with van der Waals surface area (Å²) in [6, 6.07) is -0.265. The highest BCUT2D eigenvalue weighted by molar-refractivity contribution is 5.79. The lowest BCUT2D eigenvalue weighted by Gasteiger charge is -2.13. The first-order valence-corrected chi connectivity index (χ1v) is 5.65. The van der Waals surface area contributed by atoms with Crippen molar-refractivity contribution >= 4 is 17.8 Å². The number of hydrogen-bond acceptors (Lipinski definition) is 4. The lowest BCUT2D eigenvalue weighted by Crippen LogP contribution is -2.36. The minimum absolute atomic E-state index is 0.152. The molecule has 0 unspecified atom stereocenters. The van der Waals surface area contributed by atoms with Gasteiger partial charge in [-0.05, 0) is 13.8 Å². The molecule has 0 aromatic rings. The van der Waals surface area contributed by atoms with Gasteiger partial charge in [-0.15, -0.1) is 0 Å². The second-order valence-electron chi connectivity index (χ2n) is 3.71. The van der Waals surface area contributed by atoms with Crippen LogP contribution < -0.4 is 10.6 Å². The molecule has 0 aliphatic heterocycles. The van der Waals surface area contributed by atoms with Crippen molar-refractivity contribution in [2.24, 2.45) is 0 Å². The number of carbonyl (C=O) groups is 3. The standard InChI is InChI=1S/C11H20N2O4/c1-4-17-11(16)7-8(2)13-10(15)5-6-12-9(3)14/h8H,4-7H2,1-3H3,(H,12,14)(H,13,15)/t8-/m1/s1. The van der Waals surface area contributed by atoms with Gasteiger partial charge in [-0.1, -0.05) is 0 Å². The molecular formula is C11H20N2O4. The fourth-order valence-electron chi connectivity index (χ4n) is 1.22. The van der Waals surface area contributed by atoms with Gasteiger partial charge < -0.3 is 15.4 Å². The van der Waals surface area contributed by atoms with Gasteiger partial charge in [-0.25, -0.2) is 0 Å². The van der Waals surface area contributed by atoms with Crippen LogP contribution in [0, 0.1) is 0 Å². The summed E-state index contributed by atoms with van der Waals surface area (Å²) in [6.07, 6.45) is 0.354. The molecule has 6 heteroatoms. The van der Waals surface area contributed by atoms with Crippen LogP contribution in [0.3, 0.4) is 0 Å². The van der Waals surface area contributed by atoms with Crippen LogP contribution in [0.15, 0.2) is 0 Å². The van der Waals surface area contributed by atoms with Crippen molar-refractivity contribution in [1.82, 2.24) is 10.6 Å². The van der Waals surface area contributed by atoms with Gasteiger partial charge >= 0.3 is 5.97 Å². The molecule has 0 radical (unpaired) electrons. The first-order chi connectivity index (χ1) is 7.95. The zero-order chi connectivity index (χ0) is 13.3. The van der Waals surface area contributed by atoms with Crippen LogP contribution in [-0.2, 0) is 19.1 Å². The third kappa shape index (κ3) is 9.35. The van der Waals surface area contributed by atoms with Gasteiger partial charge in [0.15, 0.2) is 0 Å². The van der Waals surface area contributed by atoms with Crippen molar-refractivity contribution in [3.8, 4) is 0 Å². The molecule has 0 aromatic carbocycles. The van der Waals surface area contributed by atoms with Crippen molar-refractivity contribution in [2.45, 2.75) is 39.7 Å². The summed E-state index contributed by atoms with van der Waals surface area (Å²) in [5.74, 6) is -0.699. The normalized spacial score (nSPS) is 11.5. The first kappa shape index (κ1) is 15.4. The van der Waals surface area contributed by atoms with Gasteiger partial charge in [0.25, 0.3) is 0 Å². The molecule has 0 aliphatic rings. The molecule has 6 nitrogen and oxygen atoms in total. The maximum Gasteiger partial charge on any atom is 0.307 e. The molecule has 0 bridgehead atoms. The van der Waals surface area contributed by atoms with E-state index in [0.29, 0.717) is 13.2 Å². The Labute approximate surface area is 101 Å². The average Bonchev–Trinajstić information content (AvgIpc) is 2.16. The van der Waals surface area contributed by atoms with Crippen LogP contribution >= 0.6 is 0 Å². The quantitative estimate of drug-likeness (QED) is 0.616. The molecule has 17 heavy (non-hydrogen) atoms. The van der Waals surface area contributed by atoms with E-state index in [-0.39, 0.29) is 36.7 Å². The third-order valence-corrected chi connectivity index (χ3v) is 1.91. The van der Waals surface area contributed by atoms with E-state index >= 15 is 0 Å². The predicted molar refractivity (Wildman–Crippen MR) is 62.2 cm³/mol. The Morgan fingerprint density at radius 1 is 1.29 bits per heavy atom. The molecular weight excluding hydrogens is 224 g/mol. The molecule has 2 N–H and O–H groups in total. The fraction of sp³-hybridized carbons (Fsp3) is 0.727. The van der Waals surface area contributed by atoms with Gasteiger partial charge in [0.1, 0.15) is 0 Å². The van der Waals surface area contributed by atoms with Gasteiger partial charge in [0.05, 0.1) is 13.0 Å². The largest absolute Gasteiger partial charge is 0.466 e. The van der Waals surface area contributed by atoms with E-state index in [2.05, 4.69) is 10.6 Å². The first-order valence-electron chi connectivity index (χ1n) is 5.65. The van der Waals surface area contributed by atoms with Crippen LogP contribution in [0.5, 0.6) is 0 Å². The van der Waals surface area contributed by atoms with E-state index in [4.69, 9.17) is 4.74 Å². The number of hydrogen-bond donors (Lipinski definition) is 2. The van der Waals surface area contributed by atoms with E-state index in [1.165, 1.54) is 6.92 Å². The Balaban J connectivity index is 3.72. The molecule has 0 fully saturated rings. The number of carbonyl (C=O) groups excluding carboxylic acids is 3. The maximum absolute atomic E-state index is 11.4. The molecule has 0 aromatic heterocycles. The average molecular weight is 244 g/mol. The molecule has 0 spiro atoms. The summed E-state index contributed by atoms with van der Waals surface area (Å²) >= 11 is 0. The highest BCUT2D eigenvalue weighted by Gasteiger charge is 2.12.